The van der Waals surface area contributed by atoms with E-state index in [1.54, 1.807) is 6.08 Å². The van der Waals surface area contributed by atoms with E-state index < -0.39 is 49.5 Å². The van der Waals surface area contributed by atoms with Crippen molar-refractivity contribution >= 4 is 5.91 Å². The van der Waals surface area contributed by atoms with Gasteiger partial charge in [-0.1, -0.05) is 252 Å². The van der Waals surface area contributed by atoms with Gasteiger partial charge in [0.1, 0.15) is 24.4 Å². The summed E-state index contributed by atoms with van der Waals surface area (Å²) in [5, 5.41) is 54.4. The highest BCUT2D eigenvalue weighted by Gasteiger charge is 2.44. The average molecular weight is 1020 g/mol. The molecule has 1 aliphatic heterocycles. The summed E-state index contributed by atoms with van der Waals surface area (Å²) in [5.74, 6) is -0.184. The highest BCUT2D eigenvalue weighted by Crippen LogP contribution is 2.23. The lowest BCUT2D eigenvalue weighted by atomic mass is 9.99. The maximum atomic E-state index is 13.0. The number of aliphatic hydroxyl groups is 5. The minimum Gasteiger partial charge on any atom is -0.394 e. The van der Waals surface area contributed by atoms with Gasteiger partial charge in [-0.15, -0.1) is 0 Å². The van der Waals surface area contributed by atoms with Gasteiger partial charge in [0.15, 0.2) is 6.29 Å². The molecule has 0 aromatic heterocycles. The van der Waals surface area contributed by atoms with E-state index >= 15 is 0 Å². The Labute approximate surface area is 446 Å². The zero-order valence-corrected chi connectivity index (χ0v) is 46.4. The lowest BCUT2D eigenvalue weighted by Gasteiger charge is -2.40. The van der Waals surface area contributed by atoms with Crippen LogP contribution in [-0.4, -0.2) is 87.5 Å². The molecule has 0 saturated carbocycles. The number of ether oxygens (including phenoxy) is 2. The first-order valence-electron chi connectivity index (χ1n) is 29.6. The van der Waals surface area contributed by atoms with Gasteiger partial charge >= 0.3 is 0 Å². The summed E-state index contributed by atoms with van der Waals surface area (Å²) in [6, 6.07) is -0.811. The zero-order valence-electron chi connectivity index (χ0n) is 46.4. The Balaban J connectivity index is 2.14. The molecule has 7 atom stereocenters. The van der Waals surface area contributed by atoms with Crippen LogP contribution in [0.3, 0.4) is 0 Å². The lowest BCUT2D eigenvalue weighted by Crippen LogP contribution is -2.60. The van der Waals surface area contributed by atoms with Crippen LogP contribution in [-0.2, 0) is 14.3 Å². The third-order valence-corrected chi connectivity index (χ3v) is 13.4. The Bertz CT molecular complexity index is 1510. The molecule has 0 spiro atoms. The molecule has 1 heterocycles. The van der Waals surface area contributed by atoms with Crippen LogP contribution in [0.15, 0.2) is 109 Å². The highest BCUT2D eigenvalue weighted by atomic mass is 16.7. The Morgan fingerprint density at radius 1 is 0.479 bits per heavy atom. The molecule has 1 saturated heterocycles. The van der Waals surface area contributed by atoms with E-state index in [-0.39, 0.29) is 12.5 Å². The number of hydrogen-bond donors (Lipinski definition) is 6. The van der Waals surface area contributed by atoms with E-state index in [9.17, 15) is 30.3 Å². The van der Waals surface area contributed by atoms with Crippen molar-refractivity contribution in [1.29, 1.82) is 0 Å². The zero-order chi connectivity index (χ0) is 52.9. The quantitative estimate of drug-likeness (QED) is 0.0261. The van der Waals surface area contributed by atoms with Crippen molar-refractivity contribution in [3.8, 4) is 0 Å². The summed E-state index contributed by atoms with van der Waals surface area (Å²) in [5.41, 5.74) is 0. The Kier molecular flexibility index (Phi) is 48.6. The number of carbonyl (C=O) groups excluding carboxylic acids is 1. The number of nitrogens with one attached hydrogen (secondary N) is 1. The Morgan fingerprint density at radius 2 is 0.849 bits per heavy atom. The second kappa shape index (κ2) is 52.3. The average Bonchev–Trinajstić information content (AvgIpc) is 3.39. The summed E-state index contributed by atoms with van der Waals surface area (Å²) in [6.07, 6.45) is 70.2. The third kappa shape index (κ3) is 41.7. The van der Waals surface area contributed by atoms with Gasteiger partial charge in [0, 0.05) is 6.42 Å². The monoisotopic (exact) mass is 1020 g/mol. The number of carbonyl (C=O) groups is 1. The minimum absolute atomic E-state index is 0.184. The number of aliphatic hydroxyl groups excluding tert-OH is 5. The molecule has 0 aromatic carbocycles. The van der Waals surface area contributed by atoms with Crippen molar-refractivity contribution < 1.29 is 39.8 Å². The van der Waals surface area contributed by atoms with Crippen molar-refractivity contribution in [2.45, 2.75) is 275 Å². The fourth-order valence-corrected chi connectivity index (χ4v) is 8.70. The van der Waals surface area contributed by atoms with E-state index in [1.807, 2.05) is 6.08 Å². The van der Waals surface area contributed by atoms with E-state index in [2.05, 4.69) is 116 Å². The van der Waals surface area contributed by atoms with Crippen molar-refractivity contribution in [3.05, 3.63) is 109 Å². The fourth-order valence-electron chi connectivity index (χ4n) is 8.70. The van der Waals surface area contributed by atoms with Gasteiger partial charge in [-0.2, -0.15) is 0 Å². The molecule has 1 aliphatic rings. The molecule has 418 valence electrons. The van der Waals surface area contributed by atoms with Gasteiger partial charge in [-0.25, -0.2) is 0 Å². The molecule has 0 bridgehead atoms. The summed E-state index contributed by atoms with van der Waals surface area (Å²) < 4.78 is 11.2. The molecule has 1 rings (SSSR count). The molecule has 1 fully saturated rings. The molecule has 0 aromatic rings. The number of allylic oxidation sites excluding steroid dienone is 17. The van der Waals surface area contributed by atoms with Gasteiger partial charge in [0.2, 0.25) is 5.91 Å². The first-order valence-corrected chi connectivity index (χ1v) is 29.6. The number of hydrogen-bond acceptors (Lipinski definition) is 8. The summed E-state index contributed by atoms with van der Waals surface area (Å²) in [4.78, 5) is 13.0. The van der Waals surface area contributed by atoms with Crippen LogP contribution in [0.25, 0.3) is 0 Å². The SMILES string of the molecule is CC/C=C\C/C=C\C/C=C\C/C=C\C/C=C\C/C=C\C/C=C\C/C=C\CCCCCCCCCCCCCCC(=O)NC(COC1OC(CO)C(O)C(O)C1O)C(O)/C=C/CCCCCCCCCCCCC. The number of rotatable bonds is 49. The molecule has 9 heteroatoms. The van der Waals surface area contributed by atoms with E-state index in [0.29, 0.717) is 6.42 Å². The molecule has 1 amide bonds. The van der Waals surface area contributed by atoms with Crippen LogP contribution in [0.1, 0.15) is 232 Å². The topological polar surface area (TPSA) is 149 Å². The minimum atomic E-state index is -1.57. The molecule has 0 aliphatic carbocycles. The fraction of sp³-hybridized carbons (Fsp3) is 0.703. The number of unbranched alkanes of at least 4 members (excludes halogenated alkanes) is 23. The predicted molar refractivity (Wildman–Crippen MR) is 308 cm³/mol. The smallest absolute Gasteiger partial charge is 0.220 e. The van der Waals surface area contributed by atoms with Gasteiger partial charge in [0.25, 0.3) is 0 Å². The van der Waals surface area contributed by atoms with Gasteiger partial charge < -0.3 is 40.3 Å². The van der Waals surface area contributed by atoms with Crippen molar-refractivity contribution in [2.24, 2.45) is 0 Å². The van der Waals surface area contributed by atoms with Crippen LogP contribution < -0.4 is 5.32 Å². The van der Waals surface area contributed by atoms with E-state index in [4.69, 9.17) is 9.47 Å². The molecular formula is C64H109NO8. The molecule has 73 heavy (non-hydrogen) atoms. The second-order valence-electron chi connectivity index (χ2n) is 20.1. The van der Waals surface area contributed by atoms with Crippen LogP contribution in [0.4, 0.5) is 0 Å². The van der Waals surface area contributed by atoms with Crippen LogP contribution in [0.5, 0.6) is 0 Å². The molecule has 0 radical (unpaired) electrons. The van der Waals surface area contributed by atoms with Gasteiger partial charge in [0.05, 0.1) is 25.4 Å². The molecule has 6 N–H and O–H groups in total. The van der Waals surface area contributed by atoms with E-state index in [1.165, 1.54) is 122 Å². The lowest BCUT2D eigenvalue weighted by molar-refractivity contribution is -0.302. The standard InChI is InChI=1S/C64H109NO8/c1-3-5-7-9-11-13-15-17-18-19-20-21-22-23-24-25-26-27-28-29-30-31-32-33-34-35-36-37-38-39-40-42-44-46-48-50-52-54-60(68)65-57(56-72-64-63(71)62(70)61(69)59(55-66)73-64)58(67)53-51-49-47-45-43-41-16-14-12-10-8-6-4-2/h5,7,11,13,17-18,20-21,23-24,26-27,29-30,32-33,51,53,57-59,61-64,66-67,69-71H,3-4,6,8-10,12,14-16,19,22,25,28,31,34-50,52,54-56H2,1-2H3,(H,65,68)/b7-5-,13-11-,18-17-,21-20-,24-23-,27-26-,30-29-,33-32-,53-51+. The Morgan fingerprint density at radius 3 is 1.26 bits per heavy atom. The third-order valence-electron chi connectivity index (χ3n) is 13.4. The first-order chi connectivity index (χ1) is 35.8. The molecule has 9 nitrogen and oxygen atoms in total. The van der Waals surface area contributed by atoms with Crippen molar-refractivity contribution in [1.82, 2.24) is 5.32 Å². The molecular weight excluding hydrogens is 911 g/mol. The van der Waals surface area contributed by atoms with Crippen LogP contribution in [0, 0.1) is 0 Å². The molecule has 7 unspecified atom stereocenters. The number of amides is 1. The Hall–Kier alpha value is -3.15. The maximum Gasteiger partial charge on any atom is 0.220 e. The predicted octanol–water partition coefficient (Wildman–Crippen LogP) is 15.0. The highest BCUT2D eigenvalue weighted by molar-refractivity contribution is 5.76. The first kappa shape index (κ1) is 67.9. The van der Waals surface area contributed by atoms with Gasteiger partial charge in [-0.3, -0.25) is 4.79 Å². The van der Waals surface area contributed by atoms with Gasteiger partial charge in [-0.05, 0) is 83.5 Å². The van der Waals surface area contributed by atoms with Crippen molar-refractivity contribution in [3.63, 3.8) is 0 Å². The van der Waals surface area contributed by atoms with Crippen LogP contribution >= 0.6 is 0 Å². The maximum absolute atomic E-state index is 13.0. The summed E-state index contributed by atoms with van der Waals surface area (Å²) in [7, 11) is 0. The summed E-state index contributed by atoms with van der Waals surface area (Å²) >= 11 is 0. The van der Waals surface area contributed by atoms with E-state index in [0.717, 1.165) is 89.9 Å². The second-order valence-corrected chi connectivity index (χ2v) is 20.1. The van der Waals surface area contributed by atoms with Crippen LogP contribution in [0.2, 0.25) is 0 Å². The summed E-state index contributed by atoms with van der Waals surface area (Å²) in [6.45, 7) is 3.65. The van der Waals surface area contributed by atoms with Crippen molar-refractivity contribution in [2.75, 3.05) is 13.2 Å². The normalized spacial score (nSPS) is 19.9. The largest absolute Gasteiger partial charge is 0.394 e.